The lowest BCUT2D eigenvalue weighted by Crippen LogP contribution is -1.98. The number of aromatic nitrogens is 2. The van der Waals surface area contributed by atoms with Crippen LogP contribution in [0.2, 0.25) is 5.02 Å². The predicted molar refractivity (Wildman–Crippen MR) is 164 cm³/mol. The largest absolute Gasteiger partial charge is 0.487 e. The third kappa shape index (κ3) is 7.19. The Balaban J connectivity index is 0.000000382. The van der Waals surface area contributed by atoms with Gasteiger partial charge in [-0.15, -0.1) is 0 Å². The van der Waals surface area contributed by atoms with E-state index in [1.165, 1.54) is 29.6 Å². The molecule has 0 aliphatic rings. The van der Waals surface area contributed by atoms with Crippen LogP contribution in [0.15, 0.2) is 108 Å². The quantitative estimate of drug-likeness (QED) is 0.190. The number of carbonyl (C=O) groups excluding carboxylic acids is 1. The van der Waals surface area contributed by atoms with Crippen molar-refractivity contribution in [2.75, 3.05) is 5.32 Å². The molecule has 0 amide bonds. The number of nitrogens with one attached hydrogen (secondary N) is 1. The van der Waals surface area contributed by atoms with Gasteiger partial charge in [0.25, 0.3) is 0 Å². The van der Waals surface area contributed by atoms with E-state index in [1.54, 1.807) is 36.4 Å². The monoisotopic (exact) mass is 579 g/mol. The standard InChI is InChI=1S/C26H17ClFN3O3.C8H10/c27-22-12-19(5-8-25(22)33-14-16-2-1-3-18(28)10-16)31-26-21-11-17(4-7-23(21)29-15-30-26)24-9-6-20(13-32)34-24;1-7-3-5-8(2)6-4-7/h1-13,15H,14H2,(H,29,30,31);3-6H,1-2H3. The number of hydrogen-bond acceptors (Lipinski definition) is 6. The van der Waals surface area contributed by atoms with E-state index in [0.717, 1.165) is 16.5 Å². The van der Waals surface area contributed by atoms with Gasteiger partial charge in [0.2, 0.25) is 0 Å². The van der Waals surface area contributed by atoms with Gasteiger partial charge in [0.15, 0.2) is 12.0 Å². The van der Waals surface area contributed by atoms with Gasteiger partial charge in [0, 0.05) is 16.6 Å². The summed E-state index contributed by atoms with van der Waals surface area (Å²) in [4.78, 5) is 19.6. The molecule has 42 heavy (non-hydrogen) atoms. The number of ether oxygens (including phenoxy) is 1. The van der Waals surface area contributed by atoms with Gasteiger partial charge in [-0.2, -0.15) is 0 Å². The van der Waals surface area contributed by atoms with Crippen molar-refractivity contribution in [3.05, 3.63) is 137 Å². The number of carbonyl (C=O) groups is 1. The van der Waals surface area contributed by atoms with Crippen molar-refractivity contribution >= 4 is 40.3 Å². The van der Waals surface area contributed by atoms with E-state index >= 15 is 0 Å². The molecule has 0 aliphatic carbocycles. The number of halogens is 2. The maximum absolute atomic E-state index is 13.4. The van der Waals surface area contributed by atoms with Gasteiger partial charge in [-0.25, -0.2) is 14.4 Å². The number of nitrogens with zero attached hydrogens (tertiary/aromatic N) is 2. The minimum absolute atomic E-state index is 0.197. The van der Waals surface area contributed by atoms with Crippen LogP contribution >= 0.6 is 11.6 Å². The molecule has 2 aromatic heterocycles. The zero-order valence-corrected chi connectivity index (χ0v) is 23.7. The molecule has 0 saturated carbocycles. The molecule has 6 aromatic rings. The van der Waals surface area contributed by atoms with Gasteiger partial charge in [0.1, 0.15) is 36.1 Å². The lowest BCUT2D eigenvalue weighted by Gasteiger charge is -2.12. The normalized spacial score (nSPS) is 10.6. The smallest absolute Gasteiger partial charge is 0.185 e. The van der Waals surface area contributed by atoms with E-state index in [0.29, 0.717) is 39.9 Å². The number of furan rings is 1. The van der Waals surface area contributed by atoms with Crippen LogP contribution in [0.5, 0.6) is 5.75 Å². The summed E-state index contributed by atoms with van der Waals surface area (Å²) in [5.41, 5.74) is 5.60. The summed E-state index contributed by atoms with van der Waals surface area (Å²) in [7, 11) is 0. The van der Waals surface area contributed by atoms with Gasteiger partial charge in [0.05, 0.1) is 10.5 Å². The molecular weight excluding hydrogens is 553 g/mol. The SMILES string of the molecule is Cc1ccc(C)cc1.O=Cc1ccc(-c2ccc3ncnc(Nc4ccc(OCc5cccc(F)c5)c(Cl)c4)c3c2)o1. The highest BCUT2D eigenvalue weighted by atomic mass is 35.5. The molecular formula is C34H27ClFN3O3. The third-order valence-electron chi connectivity index (χ3n) is 6.36. The first-order valence-electron chi connectivity index (χ1n) is 13.2. The minimum atomic E-state index is -0.316. The molecule has 0 aliphatic heterocycles. The van der Waals surface area contributed by atoms with Crippen molar-refractivity contribution in [3.63, 3.8) is 0 Å². The Morgan fingerprint density at radius 1 is 0.905 bits per heavy atom. The molecule has 0 saturated heterocycles. The maximum Gasteiger partial charge on any atom is 0.185 e. The summed E-state index contributed by atoms with van der Waals surface area (Å²) >= 11 is 6.42. The fourth-order valence-electron chi connectivity index (χ4n) is 4.14. The second-order valence-corrected chi connectivity index (χ2v) is 10.0. The van der Waals surface area contributed by atoms with Crippen molar-refractivity contribution in [3.8, 4) is 17.1 Å². The van der Waals surface area contributed by atoms with E-state index in [2.05, 4.69) is 53.4 Å². The average Bonchev–Trinajstić information content (AvgIpc) is 3.48. The van der Waals surface area contributed by atoms with Gasteiger partial charge in [-0.1, -0.05) is 59.1 Å². The fourth-order valence-corrected chi connectivity index (χ4v) is 4.37. The van der Waals surface area contributed by atoms with Crippen LogP contribution in [0.25, 0.3) is 22.2 Å². The lowest BCUT2D eigenvalue weighted by molar-refractivity contribution is 0.110. The molecule has 0 atom stereocenters. The first kappa shape index (κ1) is 28.5. The Morgan fingerprint density at radius 2 is 1.69 bits per heavy atom. The van der Waals surface area contributed by atoms with E-state index < -0.39 is 0 Å². The van der Waals surface area contributed by atoms with E-state index in [1.807, 2.05) is 24.3 Å². The Morgan fingerprint density at radius 3 is 2.38 bits per heavy atom. The highest BCUT2D eigenvalue weighted by Crippen LogP contribution is 2.32. The molecule has 0 unspecified atom stereocenters. The topological polar surface area (TPSA) is 77.2 Å². The maximum atomic E-state index is 13.4. The van der Waals surface area contributed by atoms with Crippen LogP contribution in [0, 0.1) is 19.7 Å². The molecule has 0 fully saturated rings. The molecule has 4 aromatic carbocycles. The number of hydrogen-bond donors (Lipinski definition) is 1. The first-order chi connectivity index (χ1) is 20.4. The van der Waals surface area contributed by atoms with Gasteiger partial charge in [-0.3, -0.25) is 4.79 Å². The van der Waals surface area contributed by atoms with Crippen molar-refractivity contribution in [1.29, 1.82) is 0 Å². The Kier molecular flexibility index (Phi) is 8.90. The summed E-state index contributed by atoms with van der Waals surface area (Å²) in [6.07, 6.45) is 2.13. The number of rotatable bonds is 7. The van der Waals surface area contributed by atoms with Crippen LogP contribution in [0.4, 0.5) is 15.9 Å². The molecule has 0 bridgehead atoms. The molecule has 2 heterocycles. The van der Waals surface area contributed by atoms with Crippen LogP contribution in [-0.4, -0.2) is 16.3 Å². The number of fused-ring (bicyclic) bond motifs is 1. The predicted octanol–water partition coefficient (Wildman–Crippen LogP) is 9.12. The number of benzene rings is 4. The van der Waals surface area contributed by atoms with Crippen molar-refractivity contribution in [2.45, 2.75) is 20.5 Å². The van der Waals surface area contributed by atoms with E-state index in [9.17, 15) is 9.18 Å². The average molecular weight is 580 g/mol. The lowest BCUT2D eigenvalue weighted by atomic mass is 10.1. The molecule has 0 spiro atoms. The first-order valence-corrected chi connectivity index (χ1v) is 13.5. The van der Waals surface area contributed by atoms with Crippen molar-refractivity contribution < 1.29 is 18.3 Å². The highest BCUT2D eigenvalue weighted by Gasteiger charge is 2.11. The van der Waals surface area contributed by atoms with Crippen molar-refractivity contribution in [2.24, 2.45) is 0 Å². The molecule has 210 valence electrons. The molecule has 6 rings (SSSR count). The second kappa shape index (κ2) is 13.1. The van der Waals surface area contributed by atoms with Gasteiger partial charge < -0.3 is 14.5 Å². The minimum Gasteiger partial charge on any atom is -0.487 e. The summed E-state index contributed by atoms with van der Waals surface area (Å²) in [6, 6.07) is 29.0. The van der Waals surface area contributed by atoms with Crippen LogP contribution < -0.4 is 10.1 Å². The Bertz CT molecular complexity index is 1820. The molecule has 0 radical (unpaired) electrons. The van der Waals surface area contributed by atoms with E-state index in [-0.39, 0.29) is 18.2 Å². The Hall–Kier alpha value is -5.01. The molecule has 1 N–H and O–H groups in total. The third-order valence-corrected chi connectivity index (χ3v) is 6.65. The number of aryl methyl sites for hydroxylation is 2. The van der Waals surface area contributed by atoms with Crippen LogP contribution in [-0.2, 0) is 6.61 Å². The zero-order chi connectivity index (χ0) is 29.5. The van der Waals surface area contributed by atoms with Crippen LogP contribution in [0.1, 0.15) is 27.2 Å². The van der Waals surface area contributed by atoms with Gasteiger partial charge >= 0.3 is 0 Å². The van der Waals surface area contributed by atoms with Crippen LogP contribution in [0.3, 0.4) is 0 Å². The summed E-state index contributed by atoms with van der Waals surface area (Å²) < 4.78 is 24.6. The zero-order valence-electron chi connectivity index (χ0n) is 23.0. The second-order valence-electron chi connectivity index (χ2n) is 9.62. The number of aldehydes is 1. The summed E-state index contributed by atoms with van der Waals surface area (Å²) in [5, 5.41) is 4.43. The molecule has 6 nitrogen and oxygen atoms in total. The van der Waals surface area contributed by atoms with E-state index in [4.69, 9.17) is 20.8 Å². The summed E-state index contributed by atoms with van der Waals surface area (Å²) in [5.74, 6) is 1.57. The highest BCUT2D eigenvalue weighted by molar-refractivity contribution is 6.32. The van der Waals surface area contributed by atoms with Gasteiger partial charge in [-0.05, 0) is 80.1 Å². The van der Waals surface area contributed by atoms with Crippen molar-refractivity contribution in [1.82, 2.24) is 9.97 Å². The Labute approximate surface area is 247 Å². The summed E-state index contributed by atoms with van der Waals surface area (Å²) in [6.45, 7) is 4.39. The fraction of sp³-hybridized carbons (Fsp3) is 0.0882. The molecule has 8 heteroatoms. The number of anilines is 2.